The minimum absolute atomic E-state index is 0.418. The summed E-state index contributed by atoms with van der Waals surface area (Å²) in [5, 5.41) is 10.4. The Morgan fingerprint density at radius 2 is 1.83 bits per heavy atom. The molecular weight excluding hydrogens is 228 g/mol. The zero-order chi connectivity index (χ0) is 12.7. The van der Waals surface area contributed by atoms with Crippen molar-refractivity contribution >= 4 is 5.97 Å². The average Bonchev–Trinajstić information content (AvgIpc) is 2.72. The second kappa shape index (κ2) is 3.96. The summed E-state index contributed by atoms with van der Waals surface area (Å²) in [6, 6.07) is 13.0. The van der Waals surface area contributed by atoms with Crippen molar-refractivity contribution in [2.24, 2.45) is 0 Å². The third-order valence-corrected chi connectivity index (χ3v) is 3.33. The van der Waals surface area contributed by atoms with E-state index in [0.29, 0.717) is 11.1 Å². The summed E-state index contributed by atoms with van der Waals surface area (Å²) in [4.78, 5) is 11.7. The first-order valence-corrected chi connectivity index (χ1v) is 5.72. The van der Waals surface area contributed by atoms with Gasteiger partial charge in [-0.1, -0.05) is 36.4 Å². The highest BCUT2D eigenvalue weighted by molar-refractivity contribution is 5.96. The fourth-order valence-electron chi connectivity index (χ4n) is 2.52. The normalized spacial score (nSPS) is 16.0. The zero-order valence-corrected chi connectivity index (χ0v) is 9.88. The van der Waals surface area contributed by atoms with E-state index in [0.717, 1.165) is 16.7 Å². The van der Waals surface area contributed by atoms with Gasteiger partial charge in [0, 0.05) is 5.56 Å². The van der Waals surface area contributed by atoms with Crippen LogP contribution in [0.5, 0.6) is 0 Å². The van der Waals surface area contributed by atoms with Gasteiger partial charge in [0.1, 0.15) is 6.10 Å². The number of esters is 1. The van der Waals surface area contributed by atoms with Gasteiger partial charge in [0.15, 0.2) is 0 Å². The maximum absolute atomic E-state index is 11.7. The van der Waals surface area contributed by atoms with Crippen LogP contribution in [0.15, 0.2) is 42.5 Å². The number of fused-ring (bicyclic) bond motifs is 3. The average molecular weight is 240 g/mol. The summed E-state index contributed by atoms with van der Waals surface area (Å²) in [5.74, 6) is -0.418. The summed E-state index contributed by atoms with van der Waals surface area (Å²) in [5.41, 5.74) is 3.79. The maximum Gasteiger partial charge on any atom is 0.338 e. The van der Waals surface area contributed by atoms with Gasteiger partial charge in [-0.25, -0.2) is 4.79 Å². The number of hydrogen-bond acceptors (Lipinski definition) is 3. The second-order valence-electron chi connectivity index (χ2n) is 4.25. The van der Waals surface area contributed by atoms with E-state index in [1.54, 1.807) is 12.1 Å². The van der Waals surface area contributed by atoms with Gasteiger partial charge in [-0.3, -0.25) is 0 Å². The predicted molar refractivity (Wildman–Crippen MR) is 67.3 cm³/mol. The van der Waals surface area contributed by atoms with Crippen LogP contribution in [0.1, 0.15) is 27.6 Å². The van der Waals surface area contributed by atoms with Crippen LogP contribution in [0.2, 0.25) is 0 Å². The molecule has 18 heavy (non-hydrogen) atoms. The van der Waals surface area contributed by atoms with Crippen molar-refractivity contribution in [2.75, 3.05) is 7.11 Å². The molecule has 0 fully saturated rings. The molecule has 0 bridgehead atoms. The highest BCUT2D eigenvalue weighted by Gasteiger charge is 2.30. The summed E-state index contributed by atoms with van der Waals surface area (Å²) in [7, 11) is 1.34. The largest absolute Gasteiger partial charge is 0.465 e. The molecule has 2 aromatic rings. The molecule has 3 heteroatoms. The van der Waals surface area contributed by atoms with Crippen molar-refractivity contribution in [2.45, 2.75) is 6.10 Å². The first-order valence-electron chi connectivity index (χ1n) is 5.72. The smallest absolute Gasteiger partial charge is 0.338 e. The second-order valence-corrected chi connectivity index (χ2v) is 4.25. The van der Waals surface area contributed by atoms with Crippen molar-refractivity contribution in [3.05, 3.63) is 59.2 Å². The molecule has 0 spiro atoms. The van der Waals surface area contributed by atoms with E-state index in [1.807, 2.05) is 30.3 Å². The van der Waals surface area contributed by atoms with Crippen LogP contribution < -0.4 is 0 Å². The monoisotopic (exact) mass is 240 g/mol. The first-order chi connectivity index (χ1) is 8.74. The number of hydrogen-bond donors (Lipinski definition) is 1. The van der Waals surface area contributed by atoms with Crippen LogP contribution in [-0.2, 0) is 4.74 Å². The predicted octanol–water partition coefficient (Wildman–Crippen LogP) is 2.54. The van der Waals surface area contributed by atoms with Gasteiger partial charge < -0.3 is 9.84 Å². The van der Waals surface area contributed by atoms with Gasteiger partial charge >= 0.3 is 5.97 Å². The van der Waals surface area contributed by atoms with E-state index >= 15 is 0 Å². The van der Waals surface area contributed by atoms with E-state index in [1.165, 1.54) is 7.11 Å². The molecule has 0 amide bonds. The van der Waals surface area contributed by atoms with Crippen molar-refractivity contribution in [3.63, 3.8) is 0 Å². The van der Waals surface area contributed by atoms with Crippen LogP contribution in [0.4, 0.5) is 0 Å². The number of carbonyl (C=O) groups is 1. The zero-order valence-electron chi connectivity index (χ0n) is 9.88. The van der Waals surface area contributed by atoms with Gasteiger partial charge in [0.05, 0.1) is 12.7 Å². The number of rotatable bonds is 1. The quantitative estimate of drug-likeness (QED) is 0.779. The van der Waals surface area contributed by atoms with Gasteiger partial charge in [-0.15, -0.1) is 0 Å². The fourth-order valence-corrected chi connectivity index (χ4v) is 2.52. The molecule has 0 saturated carbocycles. The lowest BCUT2D eigenvalue weighted by molar-refractivity contribution is 0.0596. The van der Waals surface area contributed by atoms with Crippen molar-refractivity contribution in [3.8, 4) is 11.1 Å². The maximum atomic E-state index is 11.7. The first kappa shape index (κ1) is 11.0. The lowest BCUT2D eigenvalue weighted by Crippen LogP contribution is -2.07. The molecule has 3 nitrogen and oxygen atoms in total. The van der Waals surface area contributed by atoms with Crippen molar-refractivity contribution in [1.82, 2.24) is 0 Å². The molecule has 0 saturated heterocycles. The third-order valence-electron chi connectivity index (χ3n) is 3.33. The standard InChI is InChI=1S/C15H12O3/c1-18-15(17)12-8-4-7-10-9-5-2-3-6-11(9)14(16)13(10)12/h2-8,14,16H,1H3. The van der Waals surface area contributed by atoms with E-state index in [4.69, 9.17) is 4.74 Å². The molecule has 1 N–H and O–H groups in total. The number of ether oxygens (including phenoxy) is 1. The molecule has 1 unspecified atom stereocenters. The van der Waals surface area contributed by atoms with Crippen LogP contribution >= 0.6 is 0 Å². The number of benzene rings is 2. The van der Waals surface area contributed by atoms with E-state index in [2.05, 4.69) is 0 Å². The summed E-state index contributed by atoms with van der Waals surface area (Å²) < 4.78 is 4.76. The van der Waals surface area contributed by atoms with E-state index in [-0.39, 0.29) is 0 Å². The van der Waals surface area contributed by atoms with Gasteiger partial charge in [0.2, 0.25) is 0 Å². The van der Waals surface area contributed by atoms with Gasteiger partial charge in [-0.2, -0.15) is 0 Å². The molecule has 90 valence electrons. The molecule has 1 aliphatic rings. The number of carbonyl (C=O) groups excluding carboxylic acids is 1. The highest BCUT2D eigenvalue weighted by atomic mass is 16.5. The molecule has 0 heterocycles. The molecule has 0 aromatic heterocycles. The lowest BCUT2D eigenvalue weighted by Gasteiger charge is -2.10. The molecular formula is C15H12O3. The van der Waals surface area contributed by atoms with Crippen LogP contribution in [0.25, 0.3) is 11.1 Å². The fraction of sp³-hybridized carbons (Fsp3) is 0.133. The Kier molecular flexibility index (Phi) is 2.42. The van der Waals surface area contributed by atoms with Crippen LogP contribution in [0, 0.1) is 0 Å². The Morgan fingerprint density at radius 1 is 1.11 bits per heavy atom. The van der Waals surface area contributed by atoms with E-state index < -0.39 is 12.1 Å². The molecule has 0 radical (unpaired) electrons. The highest BCUT2D eigenvalue weighted by Crippen LogP contribution is 2.44. The molecule has 3 rings (SSSR count). The number of methoxy groups -OCH3 is 1. The van der Waals surface area contributed by atoms with Crippen molar-refractivity contribution in [1.29, 1.82) is 0 Å². The Morgan fingerprint density at radius 3 is 2.61 bits per heavy atom. The molecule has 0 aliphatic heterocycles. The van der Waals surface area contributed by atoms with Crippen LogP contribution in [0.3, 0.4) is 0 Å². The Labute approximate surface area is 105 Å². The third kappa shape index (κ3) is 1.38. The van der Waals surface area contributed by atoms with Crippen molar-refractivity contribution < 1.29 is 14.6 Å². The van der Waals surface area contributed by atoms with Gasteiger partial charge in [0.25, 0.3) is 0 Å². The minimum Gasteiger partial charge on any atom is -0.465 e. The molecule has 1 aliphatic carbocycles. The molecule has 1 atom stereocenters. The van der Waals surface area contributed by atoms with E-state index in [9.17, 15) is 9.90 Å². The summed E-state index contributed by atoms with van der Waals surface area (Å²) in [6.45, 7) is 0. The molecule has 2 aromatic carbocycles. The Balaban J connectivity index is 2.27. The topological polar surface area (TPSA) is 46.5 Å². The summed E-state index contributed by atoms with van der Waals surface area (Å²) >= 11 is 0. The Hall–Kier alpha value is -2.13. The number of aliphatic hydroxyl groups excluding tert-OH is 1. The SMILES string of the molecule is COC(=O)c1cccc2c1C(O)c1ccccc1-2. The van der Waals surface area contributed by atoms with Gasteiger partial charge in [-0.05, 0) is 22.8 Å². The Bertz CT molecular complexity index is 631. The summed E-state index contributed by atoms with van der Waals surface area (Å²) in [6.07, 6.45) is -0.758. The van der Waals surface area contributed by atoms with Crippen LogP contribution in [-0.4, -0.2) is 18.2 Å². The number of aliphatic hydroxyl groups is 1. The minimum atomic E-state index is -0.758. The lowest BCUT2D eigenvalue weighted by atomic mass is 10.0.